The standard InChI is InChI=1S/C18H17ClN4OS/c19-15-7-12(8-20)9-21-17(15)22-4-1-14(11-22)18(24)23-5-2-16-13(10-23)3-6-25-16/h3,6-7,9,14H,1-2,4-5,10-11H2. The van der Waals surface area contributed by atoms with Gasteiger partial charge in [-0.15, -0.1) is 11.3 Å². The van der Waals surface area contributed by atoms with E-state index in [1.54, 1.807) is 17.4 Å². The highest BCUT2D eigenvalue weighted by Gasteiger charge is 2.34. The van der Waals surface area contributed by atoms with E-state index in [9.17, 15) is 4.79 Å². The Hall–Kier alpha value is -2.10. The lowest BCUT2D eigenvalue weighted by atomic mass is 10.0. The van der Waals surface area contributed by atoms with Crippen LogP contribution in [-0.2, 0) is 17.8 Å². The molecule has 128 valence electrons. The van der Waals surface area contributed by atoms with E-state index in [1.807, 2.05) is 15.9 Å². The van der Waals surface area contributed by atoms with Crippen LogP contribution in [0.2, 0.25) is 5.02 Å². The molecule has 4 rings (SSSR count). The molecule has 0 aliphatic carbocycles. The Morgan fingerprint density at radius 3 is 3.12 bits per heavy atom. The number of rotatable bonds is 2. The second kappa shape index (κ2) is 6.66. The fourth-order valence-corrected chi connectivity index (χ4v) is 4.75. The Balaban J connectivity index is 1.44. The summed E-state index contributed by atoms with van der Waals surface area (Å²) in [7, 11) is 0. The van der Waals surface area contributed by atoms with Gasteiger partial charge in [0, 0.05) is 37.3 Å². The zero-order chi connectivity index (χ0) is 17.4. The average Bonchev–Trinajstić information content (AvgIpc) is 3.29. The smallest absolute Gasteiger partial charge is 0.227 e. The SMILES string of the molecule is N#Cc1cnc(N2CCC(C(=O)N3CCc4sccc4C3)C2)c(Cl)c1. The highest BCUT2D eigenvalue weighted by Crippen LogP contribution is 2.31. The van der Waals surface area contributed by atoms with E-state index in [1.165, 1.54) is 16.6 Å². The van der Waals surface area contributed by atoms with Gasteiger partial charge in [-0.05, 0) is 35.9 Å². The molecule has 2 aromatic heterocycles. The molecule has 1 amide bonds. The van der Waals surface area contributed by atoms with Crippen molar-refractivity contribution < 1.29 is 4.79 Å². The number of halogens is 1. The third-order valence-corrected chi connectivity index (χ3v) is 6.21. The highest BCUT2D eigenvalue weighted by atomic mass is 35.5. The molecule has 25 heavy (non-hydrogen) atoms. The maximum absolute atomic E-state index is 12.9. The molecule has 0 aromatic carbocycles. The largest absolute Gasteiger partial charge is 0.355 e. The van der Waals surface area contributed by atoms with Crippen molar-refractivity contribution in [3.8, 4) is 6.07 Å². The molecule has 2 aromatic rings. The molecule has 2 aliphatic heterocycles. The summed E-state index contributed by atoms with van der Waals surface area (Å²) >= 11 is 8.04. The minimum atomic E-state index is -0.0197. The third-order valence-electron chi connectivity index (χ3n) is 4.91. The van der Waals surface area contributed by atoms with Crippen molar-refractivity contribution in [2.45, 2.75) is 19.4 Å². The first-order valence-corrected chi connectivity index (χ1v) is 9.56. The lowest BCUT2D eigenvalue weighted by Gasteiger charge is -2.29. The predicted octanol–water partition coefficient (Wildman–Crippen LogP) is 3.08. The highest BCUT2D eigenvalue weighted by molar-refractivity contribution is 7.10. The van der Waals surface area contributed by atoms with Gasteiger partial charge in [0.2, 0.25) is 5.91 Å². The van der Waals surface area contributed by atoms with E-state index in [-0.39, 0.29) is 11.8 Å². The first-order chi connectivity index (χ1) is 12.2. The summed E-state index contributed by atoms with van der Waals surface area (Å²) < 4.78 is 0. The van der Waals surface area contributed by atoms with Gasteiger partial charge in [0.25, 0.3) is 0 Å². The fourth-order valence-electron chi connectivity index (χ4n) is 3.57. The summed E-state index contributed by atoms with van der Waals surface area (Å²) in [4.78, 5) is 22.6. The van der Waals surface area contributed by atoms with E-state index in [0.29, 0.717) is 22.9 Å². The zero-order valence-electron chi connectivity index (χ0n) is 13.6. The van der Waals surface area contributed by atoms with E-state index < -0.39 is 0 Å². The Kier molecular flexibility index (Phi) is 4.36. The number of hydrogen-bond acceptors (Lipinski definition) is 5. The molecule has 0 spiro atoms. The van der Waals surface area contributed by atoms with Gasteiger partial charge in [-0.1, -0.05) is 11.6 Å². The van der Waals surface area contributed by atoms with Crippen LogP contribution in [0.15, 0.2) is 23.7 Å². The summed E-state index contributed by atoms with van der Waals surface area (Å²) in [5, 5.41) is 11.5. The average molecular weight is 373 g/mol. The van der Waals surface area contributed by atoms with Crippen LogP contribution in [0.3, 0.4) is 0 Å². The number of aromatic nitrogens is 1. The number of anilines is 1. The minimum absolute atomic E-state index is 0.0197. The van der Waals surface area contributed by atoms with Gasteiger partial charge in [0.05, 0.1) is 16.5 Å². The third kappa shape index (κ3) is 3.10. The lowest BCUT2D eigenvalue weighted by Crippen LogP contribution is -2.40. The molecule has 0 N–H and O–H groups in total. The maximum atomic E-state index is 12.9. The number of nitrogens with zero attached hydrogens (tertiary/aromatic N) is 4. The molecule has 0 bridgehead atoms. The van der Waals surface area contributed by atoms with Gasteiger partial charge >= 0.3 is 0 Å². The van der Waals surface area contributed by atoms with Crippen molar-refractivity contribution in [3.05, 3.63) is 44.7 Å². The normalized spacial score (nSPS) is 19.6. The lowest BCUT2D eigenvalue weighted by molar-refractivity contribution is -0.135. The van der Waals surface area contributed by atoms with E-state index >= 15 is 0 Å². The zero-order valence-corrected chi connectivity index (χ0v) is 15.2. The molecule has 1 unspecified atom stereocenters. The van der Waals surface area contributed by atoms with Crippen LogP contribution in [0.5, 0.6) is 0 Å². The number of fused-ring (bicyclic) bond motifs is 1. The van der Waals surface area contributed by atoms with Crippen LogP contribution >= 0.6 is 22.9 Å². The molecule has 0 saturated carbocycles. The van der Waals surface area contributed by atoms with Crippen LogP contribution in [0, 0.1) is 17.2 Å². The Bertz CT molecular complexity index is 859. The van der Waals surface area contributed by atoms with Crippen molar-refractivity contribution in [2.75, 3.05) is 24.5 Å². The molecule has 7 heteroatoms. The molecular formula is C18H17ClN4OS. The monoisotopic (exact) mass is 372 g/mol. The minimum Gasteiger partial charge on any atom is -0.355 e. The molecule has 4 heterocycles. The molecule has 5 nitrogen and oxygen atoms in total. The van der Waals surface area contributed by atoms with Crippen molar-refractivity contribution in [3.63, 3.8) is 0 Å². The number of carbonyl (C=O) groups is 1. The topological polar surface area (TPSA) is 60.2 Å². The molecule has 0 radical (unpaired) electrons. The summed E-state index contributed by atoms with van der Waals surface area (Å²) in [6.45, 7) is 2.92. The van der Waals surface area contributed by atoms with Crippen LogP contribution in [-0.4, -0.2) is 35.4 Å². The summed E-state index contributed by atoms with van der Waals surface area (Å²) in [5.41, 5.74) is 1.73. The van der Waals surface area contributed by atoms with Gasteiger partial charge in [-0.3, -0.25) is 4.79 Å². The van der Waals surface area contributed by atoms with E-state index in [4.69, 9.17) is 16.9 Å². The van der Waals surface area contributed by atoms with Gasteiger partial charge < -0.3 is 9.80 Å². The molecular weight excluding hydrogens is 356 g/mol. The van der Waals surface area contributed by atoms with Crippen molar-refractivity contribution >= 4 is 34.7 Å². The first kappa shape index (κ1) is 16.4. The first-order valence-electron chi connectivity index (χ1n) is 8.30. The Labute approximate surface area is 155 Å². The fraction of sp³-hybridized carbons (Fsp3) is 0.389. The van der Waals surface area contributed by atoms with Crippen molar-refractivity contribution in [1.29, 1.82) is 5.26 Å². The summed E-state index contributed by atoms with van der Waals surface area (Å²) in [6.07, 6.45) is 3.29. The van der Waals surface area contributed by atoms with Crippen molar-refractivity contribution in [1.82, 2.24) is 9.88 Å². The predicted molar refractivity (Wildman–Crippen MR) is 97.7 cm³/mol. The Morgan fingerprint density at radius 2 is 2.32 bits per heavy atom. The maximum Gasteiger partial charge on any atom is 0.227 e. The molecule has 2 aliphatic rings. The van der Waals surface area contributed by atoms with Crippen LogP contribution in [0.25, 0.3) is 0 Å². The van der Waals surface area contributed by atoms with Crippen LogP contribution in [0.1, 0.15) is 22.4 Å². The van der Waals surface area contributed by atoms with E-state index in [0.717, 1.165) is 32.5 Å². The number of nitriles is 1. The van der Waals surface area contributed by atoms with Gasteiger partial charge in [0.15, 0.2) is 0 Å². The number of amides is 1. The van der Waals surface area contributed by atoms with Gasteiger partial charge in [-0.25, -0.2) is 4.98 Å². The number of pyridine rings is 1. The van der Waals surface area contributed by atoms with Crippen LogP contribution in [0.4, 0.5) is 5.82 Å². The van der Waals surface area contributed by atoms with E-state index in [2.05, 4.69) is 16.4 Å². The van der Waals surface area contributed by atoms with Crippen LogP contribution < -0.4 is 4.90 Å². The second-order valence-corrected chi connectivity index (χ2v) is 7.86. The summed E-state index contributed by atoms with van der Waals surface area (Å²) in [5.74, 6) is 0.868. The van der Waals surface area contributed by atoms with Crippen molar-refractivity contribution in [2.24, 2.45) is 5.92 Å². The molecule has 1 atom stereocenters. The second-order valence-electron chi connectivity index (χ2n) is 6.45. The van der Waals surface area contributed by atoms with Gasteiger partial charge in [0.1, 0.15) is 11.9 Å². The molecule has 1 saturated heterocycles. The number of carbonyl (C=O) groups excluding carboxylic acids is 1. The molecule has 1 fully saturated rings. The quantitative estimate of drug-likeness (QED) is 0.812. The number of thiophene rings is 1. The van der Waals surface area contributed by atoms with Gasteiger partial charge in [-0.2, -0.15) is 5.26 Å². The number of hydrogen-bond donors (Lipinski definition) is 0. The Morgan fingerprint density at radius 1 is 1.44 bits per heavy atom. The summed E-state index contributed by atoms with van der Waals surface area (Å²) in [6, 6.07) is 5.79.